The maximum absolute atomic E-state index is 14.6. The molecule has 7 nitrogen and oxygen atoms in total. The first-order valence-corrected chi connectivity index (χ1v) is 12.4. The summed E-state index contributed by atoms with van der Waals surface area (Å²) in [5.74, 6) is -0.467. The lowest BCUT2D eigenvalue weighted by atomic mass is 9.98. The minimum Gasteiger partial charge on any atom is -0.352 e. The predicted octanol–water partition coefficient (Wildman–Crippen LogP) is 3.69. The third kappa shape index (κ3) is 5.10. The molecule has 0 saturated carbocycles. The molecule has 1 aliphatic heterocycles. The topological polar surface area (TPSA) is 84.3 Å². The SMILES string of the molecule is Cc1nccn1-c1ccc(CNC(=O)C2CCCN(S(=O)(=O)c3ccc(Cl)cc3)C2)cc1F. The molecule has 1 saturated heterocycles. The second-order valence-electron chi connectivity index (χ2n) is 8.00. The van der Waals surface area contributed by atoms with Crippen molar-refractivity contribution in [2.24, 2.45) is 5.92 Å². The molecule has 1 unspecified atom stereocenters. The number of carbonyl (C=O) groups excluding carboxylic acids is 1. The Labute approximate surface area is 197 Å². The van der Waals surface area contributed by atoms with E-state index in [1.165, 1.54) is 34.6 Å². The predicted molar refractivity (Wildman–Crippen MR) is 123 cm³/mol. The Bertz CT molecular complexity index is 1260. The molecule has 10 heteroatoms. The highest BCUT2D eigenvalue weighted by Gasteiger charge is 2.33. The van der Waals surface area contributed by atoms with Gasteiger partial charge in [-0.3, -0.25) is 4.79 Å². The average molecular weight is 491 g/mol. The van der Waals surface area contributed by atoms with Crippen LogP contribution < -0.4 is 5.32 Å². The molecule has 1 amide bonds. The van der Waals surface area contributed by atoms with Crippen molar-refractivity contribution in [1.29, 1.82) is 0 Å². The number of benzene rings is 2. The van der Waals surface area contributed by atoms with E-state index in [-0.39, 0.29) is 23.9 Å². The zero-order chi connectivity index (χ0) is 23.6. The van der Waals surface area contributed by atoms with Crippen LogP contribution in [0.5, 0.6) is 0 Å². The lowest BCUT2D eigenvalue weighted by Crippen LogP contribution is -2.45. The van der Waals surface area contributed by atoms with Gasteiger partial charge in [-0.2, -0.15) is 4.31 Å². The maximum Gasteiger partial charge on any atom is 0.243 e. The Morgan fingerprint density at radius 3 is 2.67 bits per heavy atom. The van der Waals surface area contributed by atoms with E-state index in [0.29, 0.717) is 41.5 Å². The summed E-state index contributed by atoms with van der Waals surface area (Å²) in [7, 11) is -3.71. The largest absolute Gasteiger partial charge is 0.352 e. The molecule has 0 spiro atoms. The Hall–Kier alpha value is -2.75. The summed E-state index contributed by atoms with van der Waals surface area (Å²) in [6.45, 7) is 2.40. The molecule has 3 aromatic rings. The third-order valence-corrected chi connectivity index (χ3v) is 7.90. The van der Waals surface area contributed by atoms with E-state index in [0.717, 1.165) is 0 Å². The van der Waals surface area contributed by atoms with Gasteiger partial charge in [-0.15, -0.1) is 0 Å². The fourth-order valence-electron chi connectivity index (χ4n) is 3.95. The normalized spacial score (nSPS) is 17.1. The van der Waals surface area contributed by atoms with Gasteiger partial charge in [-0.05, 0) is 61.7 Å². The van der Waals surface area contributed by atoms with E-state index in [9.17, 15) is 17.6 Å². The molecule has 4 rings (SSSR count). The van der Waals surface area contributed by atoms with Crippen LogP contribution in [0.1, 0.15) is 24.2 Å². The molecule has 2 heterocycles. The number of nitrogens with zero attached hydrogens (tertiary/aromatic N) is 3. The van der Waals surface area contributed by atoms with Gasteiger partial charge in [0.1, 0.15) is 11.6 Å². The number of hydrogen-bond donors (Lipinski definition) is 1. The van der Waals surface area contributed by atoms with Crippen LogP contribution in [0.4, 0.5) is 4.39 Å². The molecule has 1 aromatic heterocycles. The van der Waals surface area contributed by atoms with Gasteiger partial charge in [0.15, 0.2) is 0 Å². The standard InChI is InChI=1S/C23H24ClFN4O3S/c1-16-26-10-12-29(16)22-9-4-17(13-21(22)25)14-27-23(30)18-3-2-11-28(15-18)33(31,32)20-7-5-19(24)6-8-20/h4-10,12-13,18H,2-3,11,14-15H2,1H3,(H,27,30). The Kier molecular flexibility index (Phi) is 6.83. The van der Waals surface area contributed by atoms with Crippen molar-refractivity contribution in [2.45, 2.75) is 31.2 Å². The van der Waals surface area contributed by atoms with E-state index in [1.54, 1.807) is 36.0 Å². The van der Waals surface area contributed by atoms with Gasteiger partial charge >= 0.3 is 0 Å². The highest BCUT2D eigenvalue weighted by molar-refractivity contribution is 7.89. The van der Waals surface area contributed by atoms with Crippen molar-refractivity contribution in [2.75, 3.05) is 13.1 Å². The molecule has 0 bridgehead atoms. The second-order valence-corrected chi connectivity index (χ2v) is 10.4. The fraction of sp³-hybridized carbons (Fsp3) is 0.304. The van der Waals surface area contributed by atoms with E-state index in [2.05, 4.69) is 10.3 Å². The third-order valence-electron chi connectivity index (χ3n) is 5.77. The van der Waals surface area contributed by atoms with Gasteiger partial charge in [0.2, 0.25) is 15.9 Å². The van der Waals surface area contributed by atoms with Crippen LogP contribution in [0.15, 0.2) is 59.8 Å². The van der Waals surface area contributed by atoms with Gasteiger partial charge in [0.25, 0.3) is 0 Å². The molecule has 2 aromatic carbocycles. The maximum atomic E-state index is 14.6. The minimum absolute atomic E-state index is 0.101. The summed E-state index contributed by atoms with van der Waals surface area (Å²) in [6.07, 6.45) is 4.45. The lowest BCUT2D eigenvalue weighted by molar-refractivity contribution is -0.126. The highest BCUT2D eigenvalue weighted by Crippen LogP contribution is 2.25. The van der Waals surface area contributed by atoms with Gasteiger partial charge in [-0.25, -0.2) is 17.8 Å². The first kappa shape index (κ1) is 23.4. The molecule has 1 N–H and O–H groups in total. The number of aryl methyl sites for hydroxylation is 1. The summed E-state index contributed by atoms with van der Waals surface area (Å²) in [5.41, 5.74) is 0.999. The number of rotatable bonds is 6. The Morgan fingerprint density at radius 1 is 1.24 bits per heavy atom. The van der Waals surface area contributed by atoms with Crippen molar-refractivity contribution in [1.82, 2.24) is 19.2 Å². The van der Waals surface area contributed by atoms with Crippen LogP contribution >= 0.6 is 11.6 Å². The van der Waals surface area contributed by atoms with Crippen molar-refractivity contribution in [3.8, 4) is 5.69 Å². The molecule has 33 heavy (non-hydrogen) atoms. The number of piperidine rings is 1. The molecule has 0 radical (unpaired) electrons. The molecular formula is C23H24ClFN4O3S. The highest BCUT2D eigenvalue weighted by atomic mass is 35.5. The van der Waals surface area contributed by atoms with E-state index >= 15 is 0 Å². The molecule has 1 fully saturated rings. The summed E-state index contributed by atoms with van der Waals surface area (Å²) in [5, 5.41) is 3.27. The van der Waals surface area contributed by atoms with E-state index < -0.39 is 21.8 Å². The van der Waals surface area contributed by atoms with E-state index in [4.69, 9.17) is 11.6 Å². The van der Waals surface area contributed by atoms with Crippen molar-refractivity contribution < 1.29 is 17.6 Å². The number of sulfonamides is 1. The smallest absolute Gasteiger partial charge is 0.243 e. The zero-order valence-corrected chi connectivity index (χ0v) is 19.6. The summed E-state index contributed by atoms with van der Waals surface area (Å²) < 4.78 is 43.5. The minimum atomic E-state index is -3.71. The first-order chi connectivity index (χ1) is 15.8. The van der Waals surface area contributed by atoms with Crippen LogP contribution in [0, 0.1) is 18.7 Å². The second kappa shape index (κ2) is 9.62. The number of aromatic nitrogens is 2. The van der Waals surface area contributed by atoms with E-state index in [1.807, 2.05) is 0 Å². The van der Waals surface area contributed by atoms with Gasteiger partial charge in [0, 0.05) is 37.1 Å². The number of amides is 1. The summed E-state index contributed by atoms with van der Waals surface area (Å²) in [6, 6.07) is 10.8. The quantitative estimate of drug-likeness (QED) is 0.571. The molecule has 0 aliphatic carbocycles. The van der Waals surface area contributed by atoms with Gasteiger partial charge in [0.05, 0.1) is 16.5 Å². The van der Waals surface area contributed by atoms with Gasteiger partial charge in [-0.1, -0.05) is 17.7 Å². The van der Waals surface area contributed by atoms with Crippen LogP contribution in [-0.2, 0) is 21.4 Å². The van der Waals surface area contributed by atoms with Crippen LogP contribution in [0.25, 0.3) is 5.69 Å². The number of halogens is 2. The van der Waals surface area contributed by atoms with Crippen molar-refractivity contribution in [3.05, 3.63) is 77.1 Å². The number of hydrogen-bond acceptors (Lipinski definition) is 4. The number of nitrogens with one attached hydrogen (secondary N) is 1. The molecule has 1 aliphatic rings. The molecule has 174 valence electrons. The van der Waals surface area contributed by atoms with Crippen LogP contribution in [0.3, 0.4) is 0 Å². The summed E-state index contributed by atoms with van der Waals surface area (Å²) in [4.78, 5) is 17.0. The van der Waals surface area contributed by atoms with Gasteiger partial charge < -0.3 is 9.88 Å². The lowest BCUT2D eigenvalue weighted by Gasteiger charge is -2.31. The Morgan fingerprint density at radius 2 is 2.00 bits per heavy atom. The monoisotopic (exact) mass is 490 g/mol. The molecule has 1 atom stereocenters. The fourth-order valence-corrected chi connectivity index (χ4v) is 5.60. The van der Waals surface area contributed by atoms with Crippen molar-refractivity contribution >= 4 is 27.5 Å². The van der Waals surface area contributed by atoms with Crippen LogP contribution in [0.2, 0.25) is 5.02 Å². The summed E-state index contributed by atoms with van der Waals surface area (Å²) >= 11 is 5.86. The van der Waals surface area contributed by atoms with Crippen LogP contribution in [-0.4, -0.2) is 41.3 Å². The Balaban J connectivity index is 1.39. The first-order valence-electron chi connectivity index (χ1n) is 10.6. The molecular weight excluding hydrogens is 467 g/mol. The average Bonchev–Trinajstić information content (AvgIpc) is 3.23. The number of carbonyl (C=O) groups is 1. The number of imidazole rings is 1. The zero-order valence-electron chi connectivity index (χ0n) is 18.0. The van der Waals surface area contributed by atoms with Crippen molar-refractivity contribution in [3.63, 3.8) is 0 Å².